The molecule has 0 bridgehead atoms. The van der Waals surface area contributed by atoms with E-state index < -0.39 is 5.66 Å². The summed E-state index contributed by atoms with van der Waals surface area (Å²) in [6.45, 7) is 0. The molecule has 2 nitrogen and oxygen atoms in total. The number of hydrogen-bond acceptors (Lipinski definition) is 3. The third-order valence-corrected chi connectivity index (χ3v) is 10.7. The van der Waals surface area contributed by atoms with E-state index in [2.05, 4.69) is 99.0 Å². The summed E-state index contributed by atoms with van der Waals surface area (Å²) in [7, 11) is 0. The maximum atomic E-state index is 4.76. The van der Waals surface area contributed by atoms with E-state index in [0.717, 1.165) is 10.6 Å². The van der Waals surface area contributed by atoms with Gasteiger partial charge in [-0.1, -0.05) is 0 Å². The standard InChI is InChI=1S/C19H15N2PSSe/c24-22(15-9-3-1-4-10-15,16-11-5-2-6-12-16)21-19-20-17-13-7-8-14-18(17)23-19/h1-14H,(H,20,21,24). The molecule has 24 heavy (non-hydrogen) atoms. The van der Waals surface area contributed by atoms with Crippen LogP contribution in [-0.4, -0.2) is 20.1 Å². The van der Waals surface area contributed by atoms with Crippen LogP contribution in [0.5, 0.6) is 0 Å². The normalized spacial score (nSPS) is 11.5. The van der Waals surface area contributed by atoms with Gasteiger partial charge >= 0.3 is 153 Å². The number of fused-ring (bicyclic) bond motifs is 1. The Hall–Kier alpha value is -1.70. The first-order chi connectivity index (χ1) is 11.8. The van der Waals surface area contributed by atoms with Gasteiger partial charge in [0, 0.05) is 0 Å². The summed E-state index contributed by atoms with van der Waals surface area (Å²) in [4.78, 5) is 4.76. The number of hydrogen-bond donors (Lipinski definition) is 1. The van der Waals surface area contributed by atoms with Crippen LogP contribution in [0.3, 0.4) is 0 Å². The number of aromatic nitrogens is 1. The zero-order valence-corrected chi connectivity index (χ0v) is 16.2. The van der Waals surface area contributed by atoms with Crippen LogP contribution in [0.2, 0.25) is 0 Å². The summed E-state index contributed by atoms with van der Waals surface area (Å²) in [5.41, 5.74) is -0.839. The summed E-state index contributed by atoms with van der Waals surface area (Å²) in [5, 5.41) is 7.24. The molecule has 0 radical (unpaired) electrons. The van der Waals surface area contributed by atoms with Gasteiger partial charge in [0.05, 0.1) is 0 Å². The minimum absolute atomic E-state index is 0.955. The van der Waals surface area contributed by atoms with Gasteiger partial charge in [-0.05, 0) is 0 Å². The van der Waals surface area contributed by atoms with Gasteiger partial charge in [-0.3, -0.25) is 0 Å². The van der Waals surface area contributed by atoms with Gasteiger partial charge in [-0.25, -0.2) is 0 Å². The number of rotatable bonds is 4. The van der Waals surface area contributed by atoms with Crippen molar-refractivity contribution in [3.8, 4) is 0 Å². The fraction of sp³-hybridized carbons (Fsp3) is 0. The van der Waals surface area contributed by atoms with Gasteiger partial charge in [-0.2, -0.15) is 0 Å². The van der Waals surface area contributed by atoms with Crippen molar-refractivity contribution in [3.05, 3.63) is 84.9 Å². The molecule has 0 spiro atoms. The van der Waals surface area contributed by atoms with Gasteiger partial charge in [-0.15, -0.1) is 0 Å². The molecule has 0 aliphatic heterocycles. The van der Waals surface area contributed by atoms with Crippen molar-refractivity contribution in [1.29, 1.82) is 0 Å². The Balaban J connectivity index is 1.83. The second-order valence-electron chi connectivity index (χ2n) is 5.38. The van der Waals surface area contributed by atoms with Crippen molar-refractivity contribution < 1.29 is 0 Å². The van der Waals surface area contributed by atoms with E-state index in [1.807, 2.05) is 6.07 Å². The average molecular weight is 413 g/mol. The number of nitrogens with zero attached hydrogens (tertiary/aromatic N) is 1. The molecular formula is C19H15N2PSSe. The molecule has 5 heteroatoms. The van der Waals surface area contributed by atoms with Gasteiger partial charge in [0.25, 0.3) is 0 Å². The number of thiazole rings is 1. The summed E-state index contributed by atoms with van der Waals surface area (Å²) < 4.78 is 1.20. The maximum absolute atomic E-state index is 4.76. The molecule has 0 saturated carbocycles. The number of benzene rings is 3. The van der Waals surface area contributed by atoms with Crippen molar-refractivity contribution in [1.82, 2.24) is 4.98 Å². The molecule has 0 atom stereocenters. The molecule has 1 heterocycles. The Morgan fingerprint density at radius 2 is 1.29 bits per heavy atom. The van der Waals surface area contributed by atoms with E-state index in [9.17, 15) is 0 Å². The quantitative estimate of drug-likeness (QED) is 0.397. The Bertz CT molecular complexity index is 939. The average Bonchev–Trinajstić information content (AvgIpc) is 3.05. The van der Waals surface area contributed by atoms with E-state index >= 15 is 0 Å². The van der Waals surface area contributed by atoms with E-state index in [1.165, 1.54) is 15.3 Å². The van der Waals surface area contributed by atoms with Crippen LogP contribution in [0.1, 0.15) is 0 Å². The first-order valence-corrected chi connectivity index (χ1v) is 12.4. The minimum atomic E-state index is -1.88. The second kappa shape index (κ2) is 6.66. The molecule has 0 aliphatic carbocycles. The summed E-state index contributed by atoms with van der Waals surface area (Å²) in [5.74, 6) is 0. The van der Waals surface area contributed by atoms with Gasteiger partial charge in [0.15, 0.2) is 0 Å². The third kappa shape index (κ3) is 2.99. The predicted octanol–water partition coefficient (Wildman–Crippen LogP) is 4.38. The summed E-state index contributed by atoms with van der Waals surface area (Å²) >= 11 is 5.18. The fourth-order valence-electron chi connectivity index (χ4n) is 2.61. The SMILES string of the molecule is [Se]=P(Nc1nc2ccccc2s1)(c1ccccc1)c1ccccc1. The van der Waals surface area contributed by atoms with E-state index in [1.54, 1.807) is 11.3 Å². The Kier molecular flexibility index (Phi) is 4.39. The molecule has 1 N–H and O–H groups in total. The van der Waals surface area contributed by atoms with Gasteiger partial charge < -0.3 is 0 Å². The first kappa shape index (κ1) is 15.8. The van der Waals surface area contributed by atoms with Crippen LogP contribution >= 0.6 is 17.0 Å². The summed E-state index contributed by atoms with van der Waals surface area (Å²) in [6, 6.07) is 29.4. The van der Waals surface area contributed by atoms with Crippen molar-refractivity contribution in [2.24, 2.45) is 0 Å². The van der Waals surface area contributed by atoms with Crippen LogP contribution in [-0.2, 0) is 0 Å². The molecule has 0 amide bonds. The molecule has 0 unspecified atom stereocenters. The zero-order chi connectivity index (χ0) is 16.4. The number of nitrogens with one attached hydrogen (secondary N) is 1. The van der Waals surface area contributed by atoms with Crippen LogP contribution in [0.25, 0.3) is 10.2 Å². The number of para-hydroxylation sites is 1. The molecule has 118 valence electrons. The Morgan fingerprint density at radius 1 is 0.750 bits per heavy atom. The zero-order valence-electron chi connectivity index (χ0n) is 12.8. The van der Waals surface area contributed by atoms with E-state index in [-0.39, 0.29) is 0 Å². The third-order valence-electron chi connectivity index (χ3n) is 3.79. The van der Waals surface area contributed by atoms with Crippen LogP contribution < -0.4 is 15.7 Å². The van der Waals surface area contributed by atoms with Crippen LogP contribution in [0.15, 0.2) is 84.9 Å². The second-order valence-corrected chi connectivity index (χ2v) is 12.3. The molecule has 0 saturated heterocycles. The van der Waals surface area contributed by atoms with Crippen LogP contribution in [0, 0.1) is 0 Å². The number of anilines is 1. The van der Waals surface area contributed by atoms with Gasteiger partial charge in [0.1, 0.15) is 0 Å². The fourth-order valence-corrected chi connectivity index (χ4v) is 8.45. The molecule has 4 aromatic rings. The van der Waals surface area contributed by atoms with E-state index in [4.69, 9.17) is 4.98 Å². The molecule has 4 rings (SSSR count). The predicted molar refractivity (Wildman–Crippen MR) is 108 cm³/mol. The van der Waals surface area contributed by atoms with Crippen molar-refractivity contribution in [2.75, 3.05) is 5.09 Å². The molecule has 0 fully saturated rings. The van der Waals surface area contributed by atoms with Crippen molar-refractivity contribution in [3.63, 3.8) is 0 Å². The topological polar surface area (TPSA) is 24.9 Å². The molecule has 0 aliphatic rings. The van der Waals surface area contributed by atoms with E-state index in [0.29, 0.717) is 0 Å². The molecule has 1 aromatic heterocycles. The monoisotopic (exact) mass is 414 g/mol. The molecular weight excluding hydrogens is 398 g/mol. The summed E-state index contributed by atoms with van der Waals surface area (Å²) in [6.07, 6.45) is 0. The first-order valence-electron chi connectivity index (χ1n) is 7.61. The van der Waals surface area contributed by atoms with Gasteiger partial charge in [0.2, 0.25) is 0 Å². The Labute approximate surface area is 152 Å². The Morgan fingerprint density at radius 3 is 1.88 bits per heavy atom. The van der Waals surface area contributed by atoms with Crippen LogP contribution in [0.4, 0.5) is 5.13 Å². The van der Waals surface area contributed by atoms with Crippen molar-refractivity contribution >= 4 is 58.1 Å². The van der Waals surface area contributed by atoms with Crippen molar-refractivity contribution in [2.45, 2.75) is 0 Å². The molecule has 3 aromatic carbocycles.